The molecule has 68 valence electrons. The van der Waals surface area contributed by atoms with Crippen molar-refractivity contribution >= 4 is 0 Å². The number of rotatable bonds is 3. The van der Waals surface area contributed by atoms with Crippen LogP contribution in [0.3, 0.4) is 0 Å². The Hall–Kier alpha value is -1.10. The Morgan fingerprint density at radius 2 is 2.33 bits per heavy atom. The van der Waals surface area contributed by atoms with Crippen LogP contribution in [0.5, 0.6) is 0 Å². The standard InChI is InChI=1S/C7H13N3O2/c1-5(2)10-7(11)12-6(9-10)3-4-8/h5H,3-4,8H2,1-2H3. The molecule has 0 atom stereocenters. The van der Waals surface area contributed by atoms with Gasteiger partial charge in [-0.1, -0.05) is 0 Å². The van der Waals surface area contributed by atoms with E-state index in [-0.39, 0.29) is 6.04 Å². The van der Waals surface area contributed by atoms with Gasteiger partial charge in [-0.25, -0.2) is 4.79 Å². The molecule has 0 aliphatic carbocycles. The van der Waals surface area contributed by atoms with Crippen LogP contribution in [-0.2, 0) is 6.42 Å². The molecule has 2 N–H and O–H groups in total. The van der Waals surface area contributed by atoms with Crippen LogP contribution in [0.1, 0.15) is 25.8 Å². The number of hydrogen-bond donors (Lipinski definition) is 1. The first kappa shape index (κ1) is 8.99. The van der Waals surface area contributed by atoms with Crippen molar-refractivity contribution in [1.82, 2.24) is 9.78 Å². The second-order valence-corrected chi connectivity index (χ2v) is 2.84. The normalized spacial score (nSPS) is 11.0. The molecule has 0 fully saturated rings. The minimum absolute atomic E-state index is 0.0350. The first-order valence-corrected chi connectivity index (χ1v) is 3.93. The molecule has 0 saturated carbocycles. The van der Waals surface area contributed by atoms with Gasteiger partial charge in [0, 0.05) is 13.0 Å². The maximum atomic E-state index is 11.0. The lowest BCUT2D eigenvalue weighted by molar-refractivity contribution is 0.431. The van der Waals surface area contributed by atoms with E-state index in [9.17, 15) is 4.79 Å². The van der Waals surface area contributed by atoms with Crippen molar-refractivity contribution in [1.29, 1.82) is 0 Å². The summed E-state index contributed by atoms with van der Waals surface area (Å²) in [4.78, 5) is 11.0. The van der Waals surface area contributed by atoms with Crippen molar-refractivity contribution in [2.24, 2.45) is 5.73 Å². The Bertz CT molecular complexity index is 300. The summed E-state index contributed by atoms with van der Waals surface area (Å²) in [7, 11) is 0. The Morgan fingerprint density at radius 3 is 2.75 bits per heavy atom. The SMILES string of the molecule is CC(C)n1nc(CCN)oc1=O. The molecule has 0 aliphatic rings. The maximum Gasteiger partial charge on any atom is 0.437 e. The van der Waals surface area contributed by atoms with Crippen LogP contribution in [0.4, 0.5) is 0 Å². The van der Waals surface area contributed by atoms with E-state index in [0.717, 1.165) is 0 Å². The number of nitrogens with two attached hydrogens (primary N) is 1. The van der Waals surface area contributed by atoms with Gasteiger partial charge in [-0.2, -0.15) is 4.68 Å². The van der Waals surface area contributed by atoms with E-state index >= 15 is 0 Å². The molecule has 0 saturated heterocycles. The van der Waals surface area contributed by atoms with E-state index in [2.05, 4.69) is 5.10 Å². The molecule has 1 heterocycles. The fourth-order valence-electron chi connectivity index (χ4n) is 0.880. The second kappa shape index (κ2) is 3.53. The van der Waals surface area contributed by atoms with E-state index in [1.54, 1.807) is 0 Å². The quantitative estimate of drug-likeness (QED) is 0.690. The summed E-state index contributed by atoms with van der Waals surface area (Å²) in [6, 6.07) is 0.0350. The van der Waals surface area contributed by atoms with Crippen LogP contribution in [0, 0.1) is 0 Å². The van der Waals surface area contributed by atoms with Crippen LogP contribution in [-0.4, -0.2) is 16.3 Å². The molecule has 0 aliphatic heterocycles. The van der Waals surface area contributed by atoms with Crippen molar-refractivity contribution < 1.29 is 4.42 Å². The van der Waals surface area contributed by atoms with E-state index < -0.39 is 5.76 Å². The van der Waals surface area contributed by atoms with Gasteiger partial charge in [0.2, 0.25) is 5.89 Å². The molecule has 5 heteroatoms. The molecule has 0 aromatic carbocycles. The van der Waals surface area contributed by atoms with Crippen LogP contribution in [0.15, 0.2) is 9.21 Å². The third-order valence-electron chi connectivity index (χ3n) is 1.46. The molecular formula is C7H13N3O2. The van der Waals surface area contributed by atoms with Gasteiger partial charge in [0.15, 0.2) is 0 Å². The lowest BCUT2D eigenvalue weighted by Crippen LogP contribution is -2.17. The van der Waals surface area contributed by atoms with Crippen LogP contribution in [0.25, 0.3) is 0 Å². The molecule has 12 heavy (non-hydrogen) atoms. The van der Waals surface area contributed by atoms with Gasteiger partial charge in [-0.15, -0.1) is 5.10 Å². The topological polar surface area (TPSA) is 74.1 Å². The molecule has 0 unspecified atom stereocenters. The zero-order valence-electron chi connectivity index (χ0n) is 7.28. The number of aromatic nitrogens is 2. The molecule has 0 radical (unpaired) electrons. The molecule has 0 bridgehead atoms. The van der Waals surface area contributed by atoms with Crippen molar-refractivity contribution in [3.63, 3.8) is 0 Å². The second-order valence-electron chi connectivity index (χ2n) is 2.84. The van der Waals surface area contributed by atoms with Crippen LogP contribution in [0.2, 0.25) is 0 Å². The lowest BCUT2D eigenvalue weighted by Gasteiger charge is -1.98. The van der Waals surface area contributed by atoms with Crippen molar-refractivity contribution in [2.45, 2.75) is 26.3 Å². The highest BCUT2D eigenvalue weighted by Crippen LogP contribution is 1.99. The van der Waals surface area contributed by atoms with Crippen molar-refractivity contribution in [3.8, 4) is 0 Å². The molecule has 0 amide bonds. The first-order chi connectivity index (χ1) is 5.65. The highest BCUT2D eigenvalue weighted by Gasteiger charge is 2.08. The summed E-state index contributed by atoms with van der Waals surface area (Å²) in [5, 5.41) is 3.96. The molecule has 1 aromatic rings. The van der Waals surface area contributed by atoms with Gasteiger partial charge >= 0.3 is 5.76 Å². The molecular weight excluding hydrogens is 158 g/mol. The third-order valence-corrected chi connectivity index (χ3v) is 1.46. The zero-order valence-corrected chi connectivity index (χ0v) is 7.28. The summed E-state index contributed by atoms with van der Waals surface area (Å²) in [5.74, 6) is 0.00431. The lowest BCUT2D eigenvalue weighted by atomic mass is 10.4. The fourth-order valence-corrected chi connectivity index (χ4v) is 0.880. The molecule has 5 nitrogen and oxygen atoms in total. The highest BCUT2D eigenvalue weighted by molar-refractivity contribution is 4.76. The van der Waals surface area contributed by atoms with E-state index in [0.29, 0.717) is 18.9 Å². The zero-order chi connectivity index (χ0) is 9.14. The van der Waals surface area contributed by atoms with Crippen molar-refractivity contribution in [3.05, 3.63) is 16.4 Å². The van der Waals surface area contributed by atoms with Gasteiger partial charge < -0.3 is 10.2 Å². The van der Waals surface area contributed by atoms with E-state index in [4.69, 9.17) is 10.2 Å². The van der Waals surface area contributed by atoms with Gasteiger partial charge in [0.05, 0.1) is 6.04 Å². The average molecular weight is 171 g/mol. The molecule has 0 spiro atoms. The monoisotopic (exact) mass is 171 g/mol. The van der Waals surface area contributed by atoms with Crippen molar-refractivity contribution in [2.75, 3.05) is 6.54 Å². The smallest absolute Gasteiger partial charge is 0.392 e. The predicted molar refractivity (Wildman–Crippen MR) is 43.9 cm³/mol. The average Bonchev–Trinajstić information content (AvgIpc) is 2.32. The fraction of sp³-hybridized carbons (Fsp3) is 0.714. The number of hydrogen-bond acceptors (Lipinski definition) is 4. The minimum atomic E-state index is -0.409. The Balaban J connectivity index is 2.93. The Labute approximate surface area is 70.2 Å². The molecule has 1 rings (SSSR count). The van der Waals surface area contributed by atoms with Gasteiger partial charge in [-0.05, 0) is 13.8 Å². The largest absolute Gasteiger partial charge is 0.437 e. The summed E-state index contributed by atoms with van der Waals surface area (Å²) in [6.07, 6.45) is 0.509. The number of nitrogens with zero attached hydrogens (tertiary/aromatic N) is 2. The summed E-state index contributed by atoms with van der Waals surface area (Å²) in [6.45, 7) is 4.18. The van der Waals surface area contributed by atoms with Gasteiger partial charge in [0.25, 0.3) is 0 Å². The van der Waals surface area contributed by atoms with Gasteiger partial charge in [0.1, 0.15) is 0 Å². The summed E-state index contributed by atoms with van der Waals surface area (Å²) >= 11 is 0. The predicted octanol–water partition coefficient (Wildman–Crippen LogP) is -0.0816. The van der Waals surface area contributed by atoms with Crippen LogP contribution >= 0.6 is 0 Å². The van der Waals surface area contributed by atoms with E-state index in [1.165, 1.54) is 4.68 Å². The summed E-state index contributed by atoms with van der Waals surface area (Å²) in [5.41, 5.74) is 5.28. The van der Waals surface area contributed by atoms with E-state index in [1.807, 2.05) is 13.8 Å². The third kappa shape index (κ3) is 1.73. The maximum absolute atomic E-state index is 11.0. The Kier molecular flexibility index (Phi) is 2.65. The molecule has 1 aromatic heterocycles. The highest BCUT2D eigenvalue weighted by atomic mass is 16.4. The van der Waals surface area contributed by atoms with Gasteiger partial charge in [-0.3, -0.25) is 0 Å². The summed E-state index contributed by atoms with van der Waals surface area (Å²) < 4.78 is 6.14. The Morgan fingerprint density at radius 1 is 1.67 bits per heavy atom. The minimum Gasteiger partial charge on any atom is -0.392 e. The van der Waals surface area contributed by atoms with Crippen LogP contribution < -0.4 is 11.5 Å². The first-order valence-electron chi connectivity index (χ1n) is 3.93.